The smallest absolute Gasteiger partial charge is 0.224 e. The van der Waals surface area contributed by atoms with Gasteiger partial charge in [-0.25, -0.2) is 0 Å². The fourth-order valence-electron chi connectivity index (χ4n) is 2.99. The van der Waals surface area contributed by atoms with E-state index in [1.54, 1.807) is 0 Å². The van der Waals surface area contributed by atoms with Crippen LogP contribution in [0.1, 0.15) is 19.3 Å². The zero-order valence-electron chi connectivity index (χ0n) is 11.6. The number of amides is 1. The van der Waals surface area contributed by atoms with Gasteiger partial charge in [-0.15, -0.1) is 0 Å². The molecule has 0 aromatic heterocycles. The summed E-state index contributed by atoms with van der Waals surface area (Å²) in [5, 5.41) is 3.09. The van der Waals surface area contributed by atoms with Gasteiger partial charge in [0, 0.05) is 38.3 Å². The van der Waals surface area contributed by atoms with E-state index in [9.17, 15) is 4.79 Å². The molecule has 0 bridgehead atoms. The molecule has 5 nitrogen and oxygen atoms in total. The molecule has 3 N–H and O–H groups in total. The maximum Gasteiger partial charge on any atom is 0.224 e. The Bertz CT molecular complexity index is 297. The molecular weight excluding hydrogens is 228 g/mol. The van der Waals surface area contributed by atoms with E-state index < -0.39 is 0 Å². The molecule has 0 aromatic rings. The van der Waals surface area contributed by atoms with Gasteiger partial charge >= 0.3 is 0 Å². The molecule has 1 aliphatic heterocycles. The molecule has 1 saturated carbocycles. The second-order valence-corrected chi connectivity index (χ2v) is 5.84. The number of nitrogens with zero attached hydrogens (tertiary/aromatic N) is 2. The van der Waals surface area contributed by atoms with Crippen LogP contribution in [-0.4, -0.2) is 68.1 Å². The maximum atomic E-state index is 12.1. The first-order valence-corrected chi connectivity index (χ1v) is 7.00. The van der Waals surface area contributed by atoms with Crippen molar-refractivity contribution in [3.8, 4) is 0 Å². The van der Waals surface area contributed by atoms with Gasteiger partial charge in [-0.1, -0.05) is 6.42 Å². The number of nitrogens with two attached hydrogens (primary N) is 1. The standard InChI is InChI=1S/C13H26N4O/c1-16-6-7-17(2)10(9-16)8-15-13(18)11-4-3-5-12(11)14/h10-12H,3-9,14H2,1-2H3,(H,15,18). The molecule has 1 saturated heterocycles. The van der Waals surface area contributed by atoms with Crippen LogP contribution in [0.15, 0.2) is 0 Å². The van der Waals surface area contributed by atoms with Crippen molar-refractivity contribution in [3.63, 3.8) is 0 Å². The Morgan fingerprint density at radius 3 is 2.78 bits per heavy atom. The maximum absolute atomic E-state index is 12.1. The summed E-state index contributed by atoms with van der Waals surface area (Å²) in [6.07, 6.45) is 3.03. The first kappa shape index (κ1) is 13.8. The number of rotatable bonds is 3. The van der Waals surface area contributed by atoms with E-state index in [1.165, 1.54) is 0 Å². The molecular formula is C13H26N4O. The van der Waals surface area contributed by atoms with Crippen molar-refractivity contribution in [2.45, 2.75) is 31.3 Å². The van der Waals surface area contributed by atoms with Gasteiger partial charge in [-0.05, 0) is 26.9 Å². The molecule has 2 rings (SSSR count). The minimum absolute atomic E-state index is 0.0385. The summed E-state index contributed by atoms with van der Waals surface area (Å²) < 4.78 is 0. The van der Waals surface area contributed by atoms with Crippen molar-refractivity contribution in [2.24, 2.45) is 11.7 Å². The molecule has 3 atom stereocenters. The highest BCUT2D eigenvalue weighted by atomic mass is 16.1. The molecule has 2 aliphatic rings. The Morgan fingerprint density at radius 2 is 2.11 bits per heavy atom. The lowest BCUT2D eigenvalue weighted by Crippen LogP contribution is -2.55. The summed E-state index contributed by atoms with van der Waals surface area (Å²) in [6.45, 7) is 3.94. The first-order chi connectivity index (χ1) is 8.58. The lowest BCUT2D eigenvalue weighted by Gasteiger charge is -2.37. The van der Waals surface area contributed by atoms with Gasteiger partial charge in [0.05, 0.1) is 5.92 Å². The molecule has 0 spiro atoms. The van der Waals surface area contributed by atoms with Crippen LogP contribution >= 0.6 is 0 Å². The number of piperazine rings is 1. The van der Waals surface area contributed by atoms with Crippen LogP contribution in [0.25, 0.3) is 0 Å². The summed E-state index contributed by atoms with van der Waals surface area (Å²) in [6, 6.07) is 0.488. The number of nitrogens with one attached hydrogen (secondary N) is 1. The fraction of sp³-hybridized carbons (Fsp3) is 0.923. The van der Waals surface area contributed by atoms with Crippen molar-refractivity contribution >= 4 is 5.91 Å². The third kappa shape index (κ3) is 3.22. The van der Waals surface area contributed by atoms with Crippen LogP contribution in [0.4, 0.5) is 0 Å². The number of hydrogen-bond acceptors (Lipinski definition) is 4. The molecule has 0 aromatic carbocycles. The van der Waals surface area contributed by atoms with Crippen LogP contribution in [0.3, 0.4) is 0 Å². The summed E-state index contributed by atoms with van der Waals surface area (Å²) in [5.41, 5.74) is 5.96. The topological polar surface area (TPSA) is 61.6 Å². The molecule has 18 heavy (non-hydrogen) atoms. The molecule has 1 heterocycles. The average Bonchev–Trinajstić information content (AvgIpc) is 2.76. The summed E-state index contributed by atoms with van der Waals surface area (Å²) in [7, 11) is 4.26. The van der Waals surface area contributed by atoms with Crippen molar-refractivity contribution in [3.05, 3.63) is 0 Å². The first-order valence-electron chi connectivity index (χ1n) is 7.00. The van der Waals surface area contributed by atoms with E-state index in [4.69, 9.17) is 5.73 Å². The Hall–Kier alpha value is -0.650. The molecule has 3 unspecified atom stereocenters. The lowest BCUT2D eigenvalue weighted by molar-refractivity contribution is -0.125. The summed E-state index contributed by atoms with van der Waals surface area (Å²) in [5.74, 6) is 0.193. The SMILES string of the molecule is CN1CCN(C)C(CNC(=O)C2CCCC2N)C1. The molecule has 1 aliphatic carbocycles. The van der Waals surface area contributed by atoms with E-state index in [1.807, 2.05) is 0 Å². The molecule has 2 fully saturated rings. The third-order valence-electron chi connectivity index (χ3n) is 4.40. The second-order valence-electron chi connectivity index (χ2n) is 5.84. The zero-order valence-corrected chi connectivity index (χ0v) is 11.6. The minimum Gasteiger partial charge on any atom is -0.354 e. The van der Waals surface area contributed by atoms with Gasteiger partial charge in [0.15, 0.2) is 0 Å². The van der Waals surface area contributed by atoms with E-state index >= 15 is 0 Å². The lowest BCUT2D eigenvalue weighted by atomic mass is 10.0. The summed E-state index contributed by atoms with van der Waals surface area (Å²) in [4.78, 5) is 16.7. The number of hydrogen-bond donors (Lipinski definition) is 2. The van der Waals surface area contributed by atoms with Crippen LogP contribution in [0.5, 0.6) is 0 Å². The second kappa shape index (κ2) is 5.99. The van der Waals surface area contributed by atoms with Crippen molar-refractivity contribution in [1.29, 1.82) is 0 Å². The number of likely N-dealkylation sites (N-methyl/N-ethyl adjacent to an activating group) is 2. The van der Waals surface area contributed by atoms with E-state index in [2.05, 4.69) is 29.2 Å². The monoisotopic (exact) mass is 254 g/mol. The zero-order chi connectivity index (χ0) is 13.1. The van der Waals surface area contributed by atoms with Crippen LogP contribution in [0, 0.1) is 5.92 Å². The Balaban J connectivity index is 1.78. The van der Waals surface area contributed by atoms with Gasteiger partial charge in [-0.2, -0.15) is 0 Å². The Kier molecular flexibility index (Phi) is 4.59. The van der Waals surface area contributed by atoms with Gasteiger partial charge in [0.2, 0.25) is 5.91 Å². The van der Waals surface area contributed by atoms with Crippen molar-refractivity contribution in [1.82, 2.24) is 15.1 Å². The molecule has 104 valence electrons. The predicted molar refractivity (Wildman–Crippen MR) is 72.2 cm³/mol. The van der Waals surface area contributed by atoms with Crippen molar-refractivity contribution in [2.75, 3.05) is 40.3 Å². The number of carbonyl (C=O) groups excluding carboxylic acids is 1. The van der Waals surface area contributed by atoms with E-state index in [0.717, 1.165) is 45.4 Å². The largest absolute Gasteiger partial charge is 0.354 e. The molecule has 0 radical (unpaired) electrons. The average molecular weight is 254 g/mol. The molecule has 5 heteroatoms. The third-order valence-corrected chi connectivity index (χ3v) is 4.40. The Morgan fingerprint density at radius 1 is 1.33 bits per heavy atom. The highest BCUT2D eigenvalue weighted by molar-refractivity contribution is 5.79. The van der Waals surface area contributed by atoms with Gasteiger partial charge < -0.3 is 16.0 Å². The Labute approximate surface area is 110 Å². The minimum atomic E-state index is 0.0385. The predicted octanol–water partition coefficient (Wildman–Crippen LogP) is -0.524. The highest BCUT2D eigenvalue weighted by Crippen LogP contribution is 2.23. The fourth-order valence-corrected chi connectivity index (χ4v) is 2.99. The molecule has 1 amide bonds. The summed E-state index contributed by atoms with van der Waals surface area (Å²) >= 11 is 0. The van der Waals surface area contributed by atoms with Gasteiger partial charge in [0.1, 0.15) is 0 Å². The van der Waals surface area contributed by atoms with Gasteiger partial charge in [0.25, 0.3) is 0 Å². The normalized spacial score (nSPS) is 34.7. The van der Waals surface area contributed by atoms with Crippen LogP contribution in [0.2, 0.25) is 0 Å². The highest BCUT2D eigenvalue weighted by Gasteiger charge is 2.31. The van der Waals surface area contributed by atoms with Crippen LogP contribution < -0.4 is 11.1 Å². The number of carbonyl (C=O) groups is 1. The van der Waals surface area contributed by atoms with E-state index in [0.29, 0.717) is 6.04 Å². The van der Waals surface area contributed by atoms with Gasteiger partial charge in [-0.3, -0.25) is 9.69 Å². The quantitative estimate of drug-likeness (QED) is 0.711. The van der Waals surface area contributed by atoms with E-state index in [-0.39, 0.29) is 17.9 Å². The van der Waals surface area contributed by atoms with Crippen molar-refractivity contribution < 1.29 is 4.79 Å². The van der Waals surface area contributed by atoms with Crippen LogP contribution in [-0.2, 0) is 4.79 Å².